The first-order chi connectivity index (χ1) is 14.1. The molecule has 2 heterocycles. The summed E-state index contributed by atoms with van der Waals surface area (Å²) in [7, 11) is 1.94. The van der Waals surface area contributed by atoms with Crippen LogP contribution >= 0.6 is 12.4 Å². The summed E-state index contributed by atoms with van der Waals surface area (Å²) < 4.78 is 5.76. The summed E-state index contributed by atoms with van der Waals surface area (Å²) in [5, 5.41) is 6.10. The number of carbonyl (C=O) groups excluding carboxylic acids is 2. The first-order valence-electron chi connectivity index (χ1n) is 10.2. The lowest BCUT2D eigenvalue weighted by molar-refractivity contribution is -0.122. The lowest BCUT2D eigenvalue weighted by Crippen LogP contribution is -2.42. The van der Waals surface area contributed by atoms with Crippen LogP contribution in [0.2, 0.25) is 0 Å². The van der Waals surface area contributed by atoms with Crippen molar-refractivity contribution in [2.45, 2.75) is 25.4 Å². The minimum Gasteiger partial charge on any atom is -0.480 e. The van der Waals surface area contributed by atoms with E-state index in [0.29, 0.717) is 23.6 Å². The molecule has 6 nitrogen and oxygen atoms in total. The van der Waals surface area contributed by atoms with Gasteiger partial charge in [-0.1, -0.05) is 24.3 Å². The molecular weight excluding hydrogens is 402 g/mol. The molecule has 2 aromatic rings. The zero-order valence-corrected chi connectivity index (χ0v) is 17.9. The topological polar surface area (TPSA) is 70.7 Å². The molecule has 30 heavy (non-hydrogen) atoms. The van der Waals surface area contributed by atoms with Crippen molar-refractivity contribution < 1.29 is 14.3 Å². The maximum atomic E-state index is 13.0. The number of likely N-dealkylation sites (tertiary alicyclic amines) is 1. The van der Waals surface area contributed by atoms with Crippen LogP contribution in [0, 0.1) is 5.92 Å². The number of benzene rings is 2. The van der Waals surface area contributed by atoms with Crippen molar-refractivity contribution in [2.24, 2.45) is 5.92 Å². The van der Waals surface area contributed by atoms with Crippen molar-refractivity contribution in [2.75, 3.05) is 32.0 Å². The number of hydrogen-bond donors (Lipinski definition) is 2. The summed E-state index contributed by atoms with van der Waals surface area (Å²) in [6.07, 6.45) is 2.18. The SMILES string of the molecule is CNCC1CCCN(C(=O)c2cccc(NC(=O)C3Cc4ccccc4O3)c2)C1.Cl. The third-order valence-electron chi connectivity index (χ3n) is 5.62. The number of nitrogens with one attached hydrogen (secondary N) is 2. The Morgan fingerprint density at radius 3 is 2.80 bits per heavy atom. The van der Waals surface area contributed by atoms with Gasteiger partial charge in [0.05, 0.1) is 0 Å². The normalized spacial score (nSPS) is 20.0. The summed E-state index contributed by atoms with van der Waals surface area (Å²) in [6.45, 7) is 2.47. The minimum atomic E-state index is -0.545. The van der Waals surface area contributed by atoms with Gasteiger partial charge in [0.1, 0.15) is 5.75 Å². The predicted molar refractivity (Wildman–Crippen MR) is 119 cm³/mol. The molecule has 1 fully saturated rings. The average molecular weight is 430 g/mol. The van der Waals surface area contributed by atoms with Crippen LogP contribution in [0.3, 0.4) is 0 Å². The molecule has 2 N–H and O–H groups in total. The van der Waals surface area contributed by atoms with Gasteiger partial charge in [-0.3, -0.25) is 9.59 Å². The number of anilines is 1. The highest BCUT2D eigenvalue weighted by atomic mass is 35.5. The molecule has 1 saturated heterocycles. The Morgan fingerprint density at radius 1 is 1.17 bits per heavy atom. The fourth-order valence-corrected chi connectivity index (χ4v) is 4.17. The highest BCUT2D eigenvalue weighted by molar-refractivity contribution is 5.98. The first kappa shape index (κ1) is 22.1. The van der Waals surface area contributed by atoms with Gasteiger partial charge < -0.3 is 20.3 Å². The van der Waals surface area contributed by atoms with E-state index in [0.717, 1.165) is 43.8 Å². The zero-order valence-electron chi connectivity index (χ0n) is 17.1. The fourth-order valence-electron chi connectivity index (χ4n) is 4.17. The van der Waals surface area contributed by atoms with Gasteiger partial charge in [0.25, 0.3) is 11.8 Å². The van der Waals surface area contributed by atoms with Crippen LogP contribution in [-0.4, -0.2) is 49.5 Å². The van der Waals surface area contributed by atoms with Gasteiger partial charge in [0.2, 0.25) is 0 Å². The van der Waals surface area contributed by atoms with Crippen LogP contribution in [-0.2, 0) is 11.2 Å². The number of halogens is 1. The van der Waals surface area contributed by atoms with Gasteiger partial charge >= 0.3 is 0 Å². The van der Waals surface area contributed by atoms with Crippen LogP contribution in [0.1, 0.15) is 28.8 Å². The lowest BCUT2D eigenvalue weighted by atomic mass is 9.97. The van der Waals surface area contributed by atoms with Gasteiger partial charge in [-0.2, -0.15) is 0 Å². The Balaban J connectivity index is 0.00000256. The molecule has 7 heteroatoms. The van der Waals surface area contributed by atoms with E-state index in [1.165, 1.54) is 0 Å². The summed E-state index contributed by atoms with van der Waals surface area (Å²) in [5.74, 6) is 1.07. The van der Waals surface area contributed by atoms with E-state index in [1.807, 2.05) is 48.3 Å². The van der Waals surface area contributed by atoms with E-state index >= 15 is 0 Å². The second-order valence-corrected chi connectivity index (χ2v) is 7.81. The number of amides is 2. The van der Waals surface area contributed by atoms with Crippen molar-refractivity contribution in [3.63, 3.8) is 0 Å². The molecule has 0 radical (unpaired) electrons. The number of ether oxygens (including phenoxy) is 1. The quantitative estimate of drug-likeness (QED) is 0.766. The molecule has 160 valence electrons. The number of piperidine rings is 1. The standard InChI is InChI=1S/C23H27N3O3.ClH/c1-24-14-16-6-5-11-26(15-16)23(28)18-8-4-9-19(12-18)25-22(27)21-13-17-7-2-3-10-20(17)29-21;/h2-4,7-10,12,16,21,24H,5-6,11,13-15H2,1H3,(H,25,27);1H. The van der Waals surface area contributed by atoms with E-state index in [4.69, 9.17) is 4.74 Å². The van der Waals surface area contributed by atoms with Gasteiger partial charge in [-0.15, -0.1) is 12.4 Å². The van der Waals surface area contributed by atoms with Gasteiger partial charge in [0.15, 0.2) is 6.10 Å². The molecule has 2 aliphatic heterocycles. The van der Waals surface area contributed by atoms with Crippen molar-refractivity contribution in [3.05, 3.63) is 59.7 Å². The molecule has 2 amide bonds. The van der Waals surface area contributed by atoms with Crippen LogP contribution in [0.25, 0.3) is 0 Å². The Morgan fingerprint density at radius 2 is 2.00 bits per heavy atom. The Kier molecular flexibility index (Phi) is 7.34. The molecule has 0 saturated carbocycles. The van der Waals surface area contributed by atoms with Crippen LogP contribution in [0.5, 0.6) is 5.75 Å². The molecule has 0 bridgehead atoms. The van der Waals surface area contributed by atoms with Crippen molar-refractivity contribution in [1.82, 2.24) is 10.2 Å². The van der Waals surface area contributed by atoms with Crippen molar-refractivity contribution in [1.29, 1.82) is 0 Å². The number of hydrogen-bond acceptors (Lipinski definition) is 4. The first-order valence-corrected chi connectivity index (χ1v) is 10.2. The predicted octanol–water partition coefficient (Wildman–Crippen LogP) is 3.12. The molecular formula is C23H28ClN3O3. The van der Waals surface area contributed by atoms with Gasteiger partial charge in [-0.05, 0) is 62.2 Å². The highest BCUT2D eigenvalue weighted by Crippen LogP contribution is 2.29. The monoisotopic (exact) mass is 429 g/mol. The maximum Gasteiger partial charge on any atom is 0.265 e. The molecule has 2 unspecified atom stereocenters. The van der Waals surface area contributed by atoms with E-state index in [9.17, 15) is 9.59 Å². The minimum absolute atomic E-state index is 0. The summed E-state index contributed by atoms with van der Waals surface area (Å²) >= 11 is 0. The lowest BCUT2D eigenvalue weighted by Gasteiger charge is -2.32. The summed E-state index contributed by atoms with van der Waals surface area (Å²) in [6, 6.07) is 14.9. The van der Waals surface area contributed by atoms with E-state index in [-0.39, 0.29) is 24.2 Å². The van der Waals surface area contributed by atoms with E-state index in [2.05, 4.69) is 10.6 Å². The Bertz CT molecular complexity index is 878. The van der Waals surface area contributed by atoms with Crippen LogP contribution in [0.4, 0.5) is 5.69 Å². The Labute approximate surface area is 183 Å². The Hall–Kier alpha value is -2.57. The second-order valence-electron chi connectivity index (χ2n) is 7.81. The average Bonchev–Trinajstić information content (AvgIpc) is 3.18. The number of rotatable bonds is 5. The van der Waals surface area contributed by atoms with Crippen molar-refractivity contribution >= 4 is 29.9 Å². The van der Waals surface area contributed by atoms with E-state index in [1.54, 1.807) is 12.1 Å². The fraction of sp³-hybridized carbons (Fsp3) is 0.391. The van der Waals surface area contributed by atoms with E-state index < -0.39 is 6.10 Å². The molecule has 4 rings (SSSR count). The summed E-state index contributed by atoms with van der Waals surface area (Å²) in [5.41, 5.74) is 2.26. The second kappa shape index (κ2) is 9.96. The van der Waals surface area contributed by atoms with Gasteiger partial charge in [-0.25, -0.2) is 0 Å². The smallest absolute Gasteiger partial charge is 0.265 e. The molecule has 2 aromatic carbocycles. The maximum absolute atomic E-state index is 13.0. The van der Waals surface area contributed by atoms with Gasteiger partial charge in [0, 0.05) is 30.8 Å². The number of carbonyl (C=O) groups is 2. The summed E-state index contributed by atoms with van der Waals surface area (Å²) in [4.78, 5) is 27.5. The molecule has 2 atom stereocenters. The third-order valence-corrected chi connectivity index (χ3v) is 5.62. The molecule has 2 aliphatic rings. The third kappa shape index (κ3) is 4.94. The number of nitrogens with zero attached hydrogens (tertiary/aromatic N) is 1. The molecule has 0 aliphatic carbocycles. The highest BCUT2D eigenvalue weighted by Gasteiger charge is 2.29. The van der Waals surface area contributed by atoms with Crippen molar-refractivity contribution in [3.8, 4) is 5.75 Å². The van der Waals surface area contributed by atoms with Crippen LogP contribution < -0.4 is 15.4 Å². The zero-order chi connectivity index (χ0) is 20.2. The van der Waals surface area contributed by atoms with Crippen LogP contribution in [0.15, 0.2) is 48.5 Å². The number of para-hydroxylation sites is 1. The molecule has 0 aromatic heterocycles. The molecule has 0 spiro atoms. The largest absolute Gasteiger partial charge is 0.480 e. The number of fused-ring (bicyclic) bond motifs is 1.